The zero-order chi connectivity index (χ0) is 8.97. The summed E-state index contributed by atoms with van der Waals surface area (Å²) in [4.78, 5) is 11.0. The van der Waals surface area contributed by atoms with Gasteiger partial charge in [-0.3, -0.25) is 5.41 Å². The van der Waals surface area contributed by atoms with Crippen molar-refractivity contribution >= 4 is 11.7 Å². The lowest BCUT2D eigenvalue weighted by molar-refractivity contribution is -0.135. The van der Waals surface area contributed by atoms with Crippen LogP contribution in [0.1, 0.15) is 26.2 Å². The summed E-state index contributed by atoms with van der Waals surface area (Å²) in [6, 6.07) is 0. The van der Waals surface area contributed by atoms with Gasteiger partial charge in [-0.2, -0.15) is 0 Å². The van der Waals surface area contributed by atoms with Crippen LogP contribution in [-0.4, -0.2) is 18.3 Å². The normalized spacial score (nSPS) is 15.6. The van der Waals surface area contributed by atoms with E-state index in [2.05, 4.69) is 0 Å². The lowest BCUT2D eigenvalue weighted by Gasteiger charge is -2.03. The molecule has 0 atom stereocenters. The largest absolute Gasteiger partial charge is 0.461 e. The average Bonchev–Trinajstić information content (AvgIpc) is 2.55. The lowest BCUT2D eigenvalue weighted by Crippen LogP contribution is -2.17. The Hall–Kier alpha value is -1.12. The molecule has 1 aliphatic rings. The third-order valence-corrected chi connectivity index (χ3v) is 1.84. The zero-order valence-corrected chi connectivity index (χ0v) is 7.22. The summed E-state index contributed by atoms with van der Waals surface area (Å²) in [5, 5.41) is 7.45. The molecule has 0 fully saturated rings. The second-order valence-corrected chi connectivity index (χ2v) is 2.72. The fraction of sp³-hybridized carbons (Fsp3) is 0.556. The Morgan fingerprint density at radius 3 is 3.00 bits per heavy atom. The van der Waals surface area contributed by atoms with Gasteiger partial charge in [-0.15, -0.1) is 0 Å². The molecular weight excluding hydrogens is 154 g/mol. The third-order valence-electron chi connectivity index (χ3n) is 1.84. The second-order valence-electron chi connectivity index (χ2n) is 2.72. The lowest BCUT2D eigenvalue weighted by atomic mass is 10.1. The molecule has 66 valence electrons. The van der Waals surface area contributed by atoms with Crippen LogP contribution in [-0.2, 0) is 9.53 Å². The van der Waals surface area contributed by atoms with E-state index in [1.165, 1.54) is 0 Å². The molecule has 0 aromatic rings. The van der Waals surface area contributed by atoms with Gasteiger partial charge in [0.25, 0.3) is 0 Å². The van der Waals surface area contributed by atoms with Crippen molar-refractivity contribution in [1.82, 2.24) is 0 Å². The monoisotopic (exact) mass is 167 g/mol. The molecule has 0 heterocycles. The molecule has 3 nitrogen and oxygen atoms in total. The van der Waals surface area contributed by atoms with Gasteiger partial charge in [-0.05, 0) is 31.8 Å². The molecule has 0 unspecified atom stereocenters. The average molecular weight is 167 g/mol. The molecule has 0 saturated heterocycles. The van der Waals surface area contributed by atoms with E-state index in [4.69, 9.17) is 10.1 Å². The van der Waals surface area contributed by atoms with Crippen LogP contribution in [0.25, 0.3) is 0 Å². The van der Waals surface area contributed by atoms with Crippen LogP contribution in [0.4, 0.5) is 0 Å². The molecule has 1 aliphatic carbocycles. The minimum absolute atomic E-state index is 0.0364. The summed E-state index contributed by atoms with van der Waals surface area (Å²) < 4.78 is 4.71. The number of rotatable bonds is 3. The van der Waals surface area contributed by atoms with Crippen LogP contribution in [0.5, 0.6) is 0 Å². The number of allylic oxidation sites excluding steroid dienone is 1. The van der Waals surface area contributed by atoms with Crippen molar-refractivity contribution in [2.45, 2.75) is 26.2 Å². The molecule has 1 N–H and O–H groups in total. The smallest absolute Gasteiger partial charge is 0.356 e. The van der Waals surface area contributed by atoms with Crippen LogP contribution >= 0.6 is 0 Å². The van der Waals surface area contributed by atoms with E-state index in [1.807, 2.05) is 6.08 Å². The Morgan fingerprint density at radius 1 is 1.75 bits per heavy atom. The number of ether oxygens (including phenoxy) is 1. The first-order valence-corrected chi connectivity index (χ1v) is 4.20. The van der Waals surface area contributed by atoms with Gasteiger partial charge in [-0.1, -0.05) is 6.08 Å². The first kappa shape index (κ1) is 8.97. The van der Waals surface area contributed by atoms with E-state index in [0.717, 1.165) is 24.8 Å². The Bertz CT molecular complexity index is 231. The fourth-order valence-corrected chi connectivity index (χ4v) is 1.23. The number of nitrogens with one attached hydrogen (secondary N) is 1. The predicted molar refractivity (Wildman–Crippen MR) is 46.3 cm³/mol. The van der Waals surface area contributed by atoms with Crippen molar-refractivity contribution in [1.29, 1.82) is 5.41 Å². The summed E-state index contributed by atoms with van der Waals surface area (Å²) in [6.45, 7) is 2.09. The van der Waals surface area contributed by atoms with Gasteiger partial charge in [0, 0.05) is 0 Å². The van der Waals surface area contributed by atoms with Gasteiger partial charge >= 0.3 is 5.97 Å². The van der Waals surface area contributed by atoms with Gasteiger partial charge in [0.2, 0.25) is 0 Å². The van der Waals surface area contributed by atoms with Crippen LogP contribution in [0.3, 0.4) is 0 Å². The standard InChI is InChI=1S/C9H13NO2/c1-2-12-9(11)8(10)7-5-3-4-6-7/h5,10H,2-4,6H2,1H3. The summed E-state index contributed by atoms with van der Waals surface area (Å²) >= 11 is 0. The number of hydrogen-bond donors (Lipinski definition) is 1. The Kier molecular flexibility index (Phi) is 3.02. The van der Waals surface area contributed by atoms with Gasteiger partial charge in [0.15, 0.2) is 0 Å². The minimum atomic E-state index is -0.495. The third kappa shape index (κ3) is 1.94. The Balaban J connectivity index is 2.52. The van der Waals surface area contributed by atoms with Crippen molar-refractivity contribution in [3.63, 3.8) is 0 Å². The number of carbonyl (C=O) groups excluding carboxylic acids is 1. The molecule has 0 radical (unpaired) electrons. The molecule has 0 bridgehead atoms. The van der Waals surface area contributed by atoms with E-state index in [0.29, 0.717) is 6.61 Å². The minimum Gasteiger partial charge on any atom is -0.461 e. The Morgan fingerprint density at radius 2 is 2.50 bits per heavy atom. The predicted octanol–water partition coefficient (Wildman–Crippen LogP) is 1.68. The summed E-state index contributed by atoms with van der Waals surface area (Å²) in [5.74, 6) is -0.495. The quantitative estimate of drug-likeness (QED) is 0.513. The molecule has 3 heteroatoms. The van der Waals surface area contributed by atoms with E-state index < -0.39 is 5.97 Å². The number of hydrogen-bond acceptors (Lipinski definition) is 3. The van der Waals surface area contributed by atoms with E-state index in [-0.39, 0.29) is 5.71 Å². The molecule has 12 heavy (non-hydrogen) atoms. The van der Waals surface area contributed by atoms with E-state index >= 15 is 0 Å². The molecule has 0 aromatic carbocycles. The number of carbonyl (C=O) groups is 1. The van der Waals surface area contributed by atoms with Crippen molar-refractivity contribution in [2.24, 2.45) is 0 Å². The van der Waals surface area contributed by atoms with Crippen molar-refractivity contribution < 1.29 is 9.53 Å². The summed E-state index contributed by atoms with van der Waals surface area (Å²) in [5.41, 5.74) is 0.878. The second kappa shape index (κ2) is 4.04. The highest BCUT2D eigenvalue weighted by Gasteiger charge is 2.17. The highest BCUT2D eigenvalue weighted by Crippen LogP contribution is 2.18. The van der Waals surface area contributed by atoms with Gasteiger partial charge in [0.05, 0.1) is 6.61 Å². The molecule has 0 saturated carbocycles. The van der Waals surface area contributed by atoms with Crippen LogP contribution in [0, 0.1) is 5.41 Å². The Labute approximate surface area is 71.9 Å². The SMILES string of the molecule is CCOC(=O)C(=N)C1=CCCC1. The van der Waals surface area contributed by atoms with Crippen LogP contribution in [0.2, 0.25) is 0 Å². The summed E-state index contributed by atoms with van der Waals surface area (Å²) in [7, 11) is 0. The zero-order valence-electron chi connectivity index (χ0n) is 7.22. The van der Waals surface area contributed by atoms with Gasteiger partial charge < -0.3 is 4.74 Å². The van der Waals surface area contributed by atoms with Crippen molar-refractivity contribution in [3.8, 4) is 0 Å². The number of esters is 1. The first-order valence-electron chi connectivity index (χ1n) is 4.20. The molecule has 1 rings (SSSR count). The highest BCUT2D eigenvalue weighted by molar-refractivity contribution is 6.41. The molecule has 0 aromatic heterocycles. The van der Waals surface area contributed by atoms with E-state index in [1.54, 1.807) is 6.92 Å². The van der Waals surface area contributed by atoms with Crippen molar-refractivity contribution in [2.75, 3.05) is 6.61 Å². The fourth-order valence-electron chi connectivity index (χ4n) is 1.23. The molecule has 0 aliphatic heterocycles. The van der Waals surface area contributed by atoms with Gasteiger partial charge in [-0.25, -0.2) is 4.79 Å². The van der Waals surface area contributed by atoms with Crippen LogP contribution < -0.4 is 0 Å². The van der Waals surface area contributed by atoms with Crippen LogP contribution in [0.15, 0.2) is 11.6 Å². The maximum absolute atomic E-state index is 11.0. The van der Waals surface area contributed by atoms with E-state index in [9.17, 15) is 4.79 Å². The van der Waals surface area contributed by atoms with Gasteiger partial charge in [0.1, 0.15) is 5.71 Å². The maximum Gasteiger partial charge on any atom is 0.356 e. The van der Waals surface area contributed by atoms with Crippen molar-refractivity contribution in [3.05, 3.63) is 11.6 Å². The maximum atomic E-state index is 11.0. The first-order chi connectivity index (χ1) is 5.75. The molecule has 0 spiro atoms. The topological polar surface area (TPSA) is 50.2 Å². The molecular formula is C9H13NO2. The summed E-state index contributed by atoms with van der Waals surface area (Å²) in [6.07, 6.45) is 4.82. The molecule has 0 amide bonds. The highest BCUT2D eigenvalue weighted by atomic mass is 16.5.